The maximum atomic E-state index is 11.9. The SMILES string of the molecule is Cc1cc(OC(=O)c2ccc(Br)cc2)ccc1Cl. The van der Waals surface area contributed by atoms with Gasteiger partial charge >= 0.3 is 5.97 Å². The van der Waals surface area contributed by atoms with Crippen molar-refractivity contribution >= 4 is 33.5 Å². The molecule has 0 saturated heterocycles. The van der Waals surface area contributed by atoms with E-state index in [1.807, 2.05) is 6.92 Å². The van der Waals surface area contributed by atoms with E-state index in [4.69, 9.17) is 16.3 Å². The number of hydrogen-bond acceptors (Lipinski definition) is 2. The number of halogens is 2. The minimum Gasteiger partial charge on any atom is -0.423 e. The fraction of sp³-hybridized carbons (Fsp3) is 0.0714. The van der Waals surface area contributed by atoms with Crippen LogP contribution in [0.2, 0.25) is 5.02 Å². The summed E-state index contributed by atoms with van der Waals surface area (Å²) < 4.78 is 6.18. The molecular formula is C14H10BrClO2. The molecule has 2 rings (SSSR count). The molecule has 0 aliphatic rings. The van der Waals surface area contributed by atoms with Gasteiger partial charge in [0, 0.05) is 9.50 Å². The largest absolute Gasteiger partial charge is 0.423 e. The lowest BCUT2D eigenvalue weighted by molar-refractivity contribution is 0.0734. The molecule has 0 bridgehead atoms. The third-order valence-electron chi connectivity index (χ3n) is 2.42. The van der Waals surface area contributed by atoms with Gasteiger partial charge in [-0.3, -0.25) is 0 Å². The Bertz CT molecular complexity index is 579. The summed E-state index contributed by atoms with van der Waals surface area (Å²) in [5, 5.41) is 0.651. The summed E-state index contributed by atoms with van der Waals surface area (Å²) >= 11 is 9.22. The van der Waals surface area contributed by atoms with E-state index in [0.717, 1.165) is 10.0 Å². The number of carbonyl (C=O) groups excluding carboxylic acids is 1. The van der Waals surface area contributed by atoms with Crippen LogP contribution in [0.5, 0.6) is 5.75 Å². The molecule has 0 unspecified atom stereocenters. The number of ether oxygens (including phenoxy) is 1. The lowest BCUT2D eigenvalue weighted by atomic mass is 10.2. The first-order valence-corrected chi connectivity index (χ1v) is 6.47. The van der Waals surface area contributed by atoms with Crippen LogP contribution in [-0.4, -0.2) is 5.97 Å². The molecule has 18 heavy (non-hydrogen) atoms. The lowest BCUT2D eigenvalue weighted by Crippen LogP contribution is -2.08. The maximum absolute atomic E-state index is 11.9. The first-order valence-electron chi connectivity index (χ1n) is 5.30. The Balaban J connectivity index is 2.16. The van der Waals surface area contributed by atoms with Gasteiger partial charge in [0.2, 0.25) is 0 Å². The van der Waals surface area contributed by atoms with Gasteiger partial charge in [0.15, 0.2) is 0 Å². The first-order chi connectivity index (χ1) is 8.56. The van der Waals surface area contributed by atoms with Gasteiger partial charge in [-0.1, -0.05) is 27.5 Å². The van der Waals surface area contributed by atoms with Crippen molar-refractivity contribution in [1.82, 2.24) is 0 Å². The van der Waals surface area contributed by atoms with Crippen molar-refractivity contribution in [2.24, 2.45) is 0 Å². The van der Waals surface area contributed by atoms with E-state index in [1.165, 1.54) is 0 Å². The summed E-state index contributed by atoms with van der Waals surface area (Å²) in [6, 6.07) is 12.1. The van der Waals surface area contributed by atoms with Crippen LogP contribution >= 0.6 is 27.5 Å². The van der Waals surface area contributed by atoms with Crippen LogP contribution in [-0.2, 0) is 0 Å². The number of benzene rings is 2. The minimum absolute atomic E-state index is 0.385. The number of carbonyl (C=O) groups is 1. The van der Waals surface area contributed by atoms with Crippen LogP contribution in [0.4, 0.5) is 0 Å². The zero-order valence-corrected chi connectivity index (χ0v) is 12.0. The Morgan fingerprint density at radius 3 is 2.44 bits per heavy atom. The summed E-state index contributed by atoms with van der Waals surface area (Å²) in [5.74, 6) is 0.106. The van der Waals surface area contributed by atoms with Gasteiger partial charge in [-0.15, -0.1) is 0 Å². The first kappa shape index (κ1) is 13.1. The summed E-state index contributed by atoms with van der Waals surface area (Å²) in [4.78, 5) is 11.9. The molecule has 0 aliphatic heterocycles. The fourth-order valence-corrected chi connectivity index (χ4v) is 1.81. The van der Waals surface area contributed by atoms with E-state index in [9.17, 15) is 4.79 Å². The van der Waals surface area contributed by atoms with Crippen LogP contribution in [0, 0.1) is 6.92 Å². The molecule has 0 radical (unpaired) electrons. The summed E-state index contributed by atoms with van der Waals surface area (Å²) in [6.07, 6.45) is 0. The van der Waals surface area contributed by atoms with Crippen molar-refractivity contribution in [3.63, 3.8) is 0 Å². The van der Waals surface area contributed by atoms with Crippen LogP contribution in [0.3, 0.4) is 0 Å². The highest BCUT2D eigenvalue weighted by atomic mass is 79.9. The van der Waals surface area contributed by atoms with Crippen LogP contribution in [0.25, 0.3) is 0 Å². The van der Waals surface area contributed by atoms with Gasteiger partial charge in [-0.05, 0) is 55.0 Å². The van der Waals surface area contributed by atoms with Crippen molar-refractivity contribution in [1.29, 1.82) is 0 Å². The molecule has 2 nitrogen and oxygen atoms in total. The summed E-state index contributed by atoms with van der Waals surface area (Å²) in [7, 11) is 0. The van der Waals surface area contributed by atoms with Gasteiger partial charge in [0.1, 0.15) is 5.75 Å². The van der Waals surface area contributed by atoms with Crippen molar-refractivity contribution < 1.29 is 9.53 Å². The monoisotopic (exact) mass is 324 g/mol. The highest BCUT2D eigenvalue weighted by molar-refractivity contribution is 9.10. The van der Waals surface area contributed by atoms with Crippen molar-refractivity contribution in [2.45, 2.75) is 6.92 Å². The minimum atomic E-state index is -0.385. The third-order valence-corrected chi connectivity index (χ3v) is 3.37. The molecule has 92 valence electrons. The van der Waals surface area contributed by atoms with Gasteiger partial charge in [-0.2, -0.15) is 0 Å². The normalized spacial score (nSPS) is 10.2. The standard InChI is InChI=1S/C14H10BrClO2/c1-9-8-12(6-7-13(9)16)18-14(17)10-2-4-11(15)5-3-10/h2-8H,1H3. The topological polar surface area (TPSA) is 26.3 Å². The van der Waals surface area contributed by atoms with Gasteiger partial charge < -0.3 is 4.74 Å². The molecule has 0 aliphatic carbocycles. The van der Waals surface area contributed by atoms with Crippen molar-refractivity contribution in [2.75, 3.05) is 0 Å². The Morgan fingerprint density at radius 2 is 1.83 bits per heavy atom. The van der Waals surface area contributed by atoms with Crippen LogP contribution in [0.1, 0.15) is 15.9 Å². The summed E-state index contributed by atoms with van der Waals surface area (Å²) in [5.41, 5.74) is 1.38. The number of hydrogen-bond donors (Lipinski definition) is 0. The van der Waals surface area contributed by atoms with Gasteiger partial charge in [0.05, 0.1) is 5.56 Å². The molecule has 0 amide bonds. The van der Waals surface area contributed by atoms with Gasteiger partial charge in [-0.25, -0.2) is 4.79 Å². The van der Waals surface area contributed by atoms with E-state index in [1.54, 1.807) is 42.5 Å². The second-order valence-electron chi connectivity index (χ2n) is 3.81. The predicted molar refractivity (Wildman–Crippen MR) is 75.3 cm³/mol. The Morgan fingerprint density at radius 1 is 1.17 bits per heavy atom. The van der Waals surface area contributed by atoms with Gasteiger partial charge in [0.25, 0.3) is 0 Å². The maximum Gasteiger partial charge on any atom is 0.343 e. The predicted octanol–water partition coefficient (Wildman–Crippen LogP) is 4.63. The highest BCUT2D eigenvalue weighted by Gasteiger charge is 2.08. The summed E-state index contributed by atoms with van der Waals surface area (Å²) in [6.45, 7) is 1.86. The Hall–Kier alpha value is -1.32. The zero-order chi connectivity index (χ0) is 13.1. The molecular weight excluding hydrogens is 316 g/mol. The molecule has 2 aromatic carbocycles. The van der Waals surface area contributed by atoms with Crippen molar-refractivity contribution in [3.8, 4) is 5.75 Å². The third kappa shape index (κ3) is 3.12. The number of esters is 1. The zero-order valence-electron chi connectivity index (χ0n) is 9.61. The molecule has 0 saturated carbocycles. The quantitative estimate of drug-likeness (QED) is 0.594. The molecule has 4 heteroatoms. The molecule has 2 aromatic rings. The fourth-order valence-electron chi connectivity index (χ4n) is 1.43. The van der Waals surface area contributed by atoms with Crippen LogP contribution < -0.4 is 4.74 Å². The average Bonchev–Trinajstić information content (AvgIpc) is 2.34. The van der Waals surface area contributed by atoms with Crippen molar-refractivity contribution in [3.05, 3.63) is 63.1 Å². The molecule has 0 aromatic heterocycles. The molecule has 0 atom stereocenters. The van der Waals surface area contributed by atoms with E-state index in [0.29, 0.717) is 16.3 Å². The van der Waals surface area contributed by atoms with E-state index in [-0.39, 0.29) is 5.97 Å². The Labute approximate surface area is 119 Å². The number of rotatable bonds is 2. The number of aryl methyl sites for hydroxylation is 1. The molecule has 0 N–H and O–H groups in total. The Kier molecular flexibility index (Phi) is 4.04. The van der Waals surface area contributed by atoms with Crippen LogP contribution in [0.15, 0.2) is 46.9 Å². The van der Waals surface area contributed by atoms with E-state index >= 15 is 0 Å². The second kappa shape index (κ2) is 5.55. The highest BCUT2D eigenvalue weighted by Crippen LogP contribution is 2.22. The molecule has 0 heterocycles. The second-order valence-corrected chi connectivity index (χ2v) is 5.13. The van der Waals surface area contributed by atoms with E-state index in [2.05, 4.69) is 15.9 Å². The molecule has 0 spiro atoms. The van der Waals surface area contributed by atoms with E-state index < -0.39 is 0 Å². The average molecular weight is 326 g/mol. The molecule has 0 fully saturated rings. The smallest absolute Gasteiger partial charge is 0.343 e. The lowest BCUT2D eigenvalue weighted by Gasteiger charge is -2.06.